The molecule has 1 atom stereocenters. The molecule has 0 radical (unpaired) electrons. The number of aliphatic imine (C=N–C) groups is 1. The lowest BCUT2D eigenvalue weighted by atomic mass is 10.0. The van der Waals surface area contributed by atoms with Crippen molar-refractivity contribution in [2.45, 2.75) is 12.5 Å². The van der Waals surface area contributed by atoms with E-state index in [-0.39, 0.29) is 16.6 Å². The van der Waals surface area contributed by atoms with Crippen molar-refractivity contribution in [3.8, 4) is 11.1 Å². The Kier molecular flexibility index (Phi) is 5.34. The molecule has 2 N–H and O–H groups in total. The molecule has 0 amide bonds. The summed E-state index contributed by atoms with van der Waals surface area (Å²) in [6.07, 6.45) is 0. The van der Waals surface area contributed by atoms with Crippen molar-refractivity contribution in [2.24, 2.45) is 10.7 Å². The van der Waals surface area contributed by atoms with Crippen LogP contribution in [0.2, 0.25) is 0 Å². The van der Waals surface area contributed by atoms with Crippen molar-refractivity contribution in [1.29, 1.82) is 0 Å². The number of guanidine groups is 1. The fraction of sp³-hybridized carbons (Fsp3) is 0.348. The fourth-order valence-electron chi connectivity index (χ4n) is 4.40. The van der Waals surface area contributed by atoms with E-state index in [9.17, 15) is 8.42 Å². The summed E-state index contributed by atoms with van der Waals surface area (Å²) in [5.41, 5.74) is 7.57. The molecule has 0 spiro atoms. The van der Waals surface area contributed by atoms with Gasteiger partial charge in [-0.25, -0.2) is 22.1 Å². The molecule has 1 saturated heterocycles. The minimum absolute atomic E-state index is 0.139. The Hall–Kier alpha value is -2.69. The number of thiophene rings is 1. The zero-order valence-electron chi connectivity index (χ0n) is 18.4. The van der Waals surface area contributed by atoms with Gasteiger partial charge in [0, 0.05) is 35.9 Å². The molecule has 0 aliphatic carbocycles. The summed E-state index contributed by atoms with van der Waals surface area (Å²) in [4.78, 5) is 6.93. The van der Waals surface area contributed by atoms with E-state index < -0.39 is 21.4 Å². The van der Waals surface area contributed by atoms with Crippen LogP contribution in [0.25, 0.3) is 21.2 Å². The SMILES string of the molecule is CN1C(N)=N[C@](C)(c2sc3c(-c4ccc(N5CCOCC5)cc4)cccc3c2F)CS1(=O)=O. The molecular formula is C23H25FN4O3S2. The third-order valence-corrected chi connectivity index (χ3v) is 9.68. The Morgan fingerprint density at radius 2 is 1.85 bits per heavy atom. The summed E-state index contributed by atoms with van der Waals surface area (Å²) in [5, 5.41) is 0.455. The second-order valence-corrected chi connectivity index (χ2v) is 11.6. The molecule has 7 nitrogen and oxygen atoms in total. The third kappa shape index (κ3) is 3.75. The monoisotopic (exact) mass is 488 g/mol. The zero-order valence-corrected chi connectivity index (χ0v) is 20.0. The van der Waals surface area contributed by atoms with Gasteiger partial charge in [0.1, 0.15) is 11.4 Å². The van der Waals surface area contributed by atoms with Gasteiger partial charge < -0.3 is 15.4 Å². The van der Waals surface area contributed by atoms with Crippen LogP contribution in [0.5, 0.6) is 0 Å². The van der Waals surface area contributed by atoms with Gasteiger partial charge in [-0.05, 0) is 30.2 Å². The number of nitrogens with zero attached hydrogens (tertiary/aromatic N) is 3. The van der Waals surface area contributed by atoms with Crippen molar-refractivity contribution >= 4 is 43.1 Å². The predicted molar refractivity (Wildman–Crippen MR) is 131 cm³/mol. The lowest BCUT2D eigenvalue weighted by Gasteiger charge is -2.33. The second-order valence-electron chi connectivity index (χ2n) is 8.54. The Balaban J connectivity index is 1.57. The zero-order chi connectivity index (χ0) is 23.4. The minimum atomic E-state index is -3.69. The van der Waals surface area contributed by atoms with Gasteiger partial charge in [0.2, 0.25) is 16.0 Å². The van der Waals surface area contributed by atoms with Gasteiger partial charge >= 0.3 is 0 Å². The Labute approximate surface area is 196 Å². The first-order valence-electron chi connectivity index (χ1n) is 10.7. The first kappa shape index (κ1) is 22.1. The highest BCUT2D eigenvalue weighted by atomic mass is 32.2. The maximum Gasteiger partial charge on any atom is 0.239 e. The van der Waals surface area contributed by atoms with E-state index in [4.69, 9.17) is 10.5 Å². The molecule has 174 valence electrons. The smallest absolute Gasteiger partial charge is 0.239 e. The summed E-state index contributed by atoms with van der Waals surface area (Å²) in [5.74, 6) is -0.926. The molecule has 1 fully saturated rings. The summed E-state index contributed by atoms with van der Waals surface area (Å²) >= 11 is 1.24. The van der Waals surface area contributed by atoms with Crippen molar-refractivity contribution in [1.82, 2.24) is 4.31 Å². The molecule has 1 aromatic heterocycles. The van der Waals surface area contributed by atoms with Crippen LogP contribution in [-0.4, -0.2) is 57.8 Å². The van der Waals surface area contributed by atoms with Gasteiger partial charge in [0.25, 0.3) is 0 Å². The van der Waals surface area contributed by atoms with Crippen LogP contribution in [-0.2, 0) is 20.3 Å². The van der Waals surface area contributed by atoms with Gasteiger partial charge in [-0.1, -0.05) is 30.3 Å². The normalized spacial score (nSPS) is 23.1. The van der Waals surface area contributed by atoms with Crippen LogP contribution in [0.4, 0.5) is 10.1 Å². The van der Waals surface area contributed by atoms with Gasteiger partial charge in [0.15, 0.2) is 0 Å². The Morgan fingerprint density at radius 3 is 2.52 bits per heavy atom. The maximum absolute atomic E-state index is 15.6. The third-order valence-electron chi connectivity index (χ3n) is 6.26. The number of fused-ring (bicyclic) bond motifs is 1. The molecule has 2 aromatic carbocycles. The predicted octanol–water partition coefficient (Wildman–Crippen LogP) is 3.35. The molecule has 33 heavy (non-hydrogen) atoms. The van der Waals surface area contributed by atoms with Gasteiger partial charge in [0.05, 0.1) is 23.8 Å². The number of hydrogen-bond donors (Lipinski definition) is 1. The molecule has 0 unspecified atom stereocenters. The van der Waals surface area contributed by atoms with Crippen molar-refractivity contribution in [3.05, 3.63) is 53.2 Å². The van der Waals surface area contributed by atoms with Crippen LogP contribution in [0.3, 0.4) is 0 Å². The lowest BCUT2D eigenvalue weighted by Crippen LogP contribution is -2.50. The number of benzene rings is 2. The van der Waals surface area contributed by atoms with Gasteiger partial charge in [-0.2, -0.15) is 0 Å². The summed E-state index contributed by atoms with van der Waals surface area (Å²) in [6, 6.07) is 13.7. The van der Waals surface area contributed by atoms with Crippen LogP contribution in [0.15, 0.2) is 47.5 Å². The standard InChI is InChI=1S/C23H25FN4O3S2/c1-23(14-33(29,30)27(2)22(25)26-23)21-19(24)18-5-3-4-17(20(18)32-21)15-6-8-16(9-7-15)28-10-12-31-13-11-28/h3-9H,10-14H2,1-2H3,(H2,25,26)/t23-/m0/s1. The van der Waals surface area contributed by atoms with Gasteiger partial charge in [-0.3, -0.25) is 0 Å². The van der Waals surface area contributed by atoms with E-state index in [0.717, 1.165) is 52.1 Å². The maximum atomic E-state index is 15.6. The number of rotatable bonds is 3. The van der Waals surface area contributed by atoms with Crippen molar-refractivity contribution < 1.29 is 17.5 Å². The van der Waals surface area contributed by atoms with Crippen LogP contribution in [0, 0.1) is 5.82 Å². The summed E-state index contributed by atoms with van der Waals surface area (Å²) in [7, 11) is -2.34. The van der Waals surface area contributed by atoms with Crippen LogP contribution >= 0.6 is 11.3 Å². The summed E-state index contributed by atoms with van der Waals surface area (Å²) < 4.78 is 47.9. The molecular weight excluding hydrogens is 463 g/mol. The first-order valence-corrected chi connectivity index (χ1v) is 13.1. The topological polar surface area (TPSA) is 88.2 Å². The number of halogens is 1. The van der Waals surface area contributed by atoms with E-state index in [0.29, 0.717) is 5.39 Å². The average molecular weight is 489 g/mol. The van der Waals surface area contributed by atoms with Gasteiger partial charge in [-0.15, -0.1) is 11.3 Å². The molecule has 0 saturated carbocycles. The molecule has 5 rings (SSSR count). The van der Waals surface area contributed by atoms with Crippen LogP contribution in [0.1, 0.15) is 11.8 Å². The second kappa shape index (κ2) is 7.96. The molecule has 2 aliphatic heterocycles. The molecule has 10 heteroatoms. The number of ether oxygens (including phenoxy) is 1. The lowest BCUT2D eigenvalue weighted by molar-refractivity contribution is 0.122. The summed E-state index contributed by atoms with van der Waals surface area (Å²) in [6.45, 7) is 4.77. The van der Waals surface area contributed by atoms with Crippen LogP contribution < -0.4 is 10.6 Å². The number of sulfonamides is 1. The highest BCUT2D eigenvalue weighted by Gasteiger charge is 2.43. The quantitative estimate of drug-likeness (QED) is 0.611. The van der Waals surface area contributed by atoms with E-state index in [1.807, 2.05) is 24.3 Å². The average Bonchev–Trinajstić information content (AvgIpc) is 3.15. The minimum Gasteiger partial charge on any atom is -0.378 e. The van der Waals surface area contributed by atoms with Crippen molar-refractivity contribution in [2.75, 3.05) is 44.0 Å². The number of anilines is 1. The Bertz CT molecular complexity index is 1350. The van der Waals surface area contributed by atoms with Crippen molar-refractivity contribution in [3.63, 3.8) is 0 Å². The molecule has 2 aliphatic rings. The molecule has 3 aromatic rings. The fourth-order valence-corrected chi connectivity index (χ4v) is 7.24. The molecule has 3 heterocycles. The van der Waals surface area contributed by atoms with E-state index in [2.05, 4.69) is 22.0 Å². The Morgan fingerprint density at radius 1 is 1.15 bits per heavy atom. The van der Waals surface area contributed by atoms with E-state index in [1.165, 1.54) is 18.4 Å². The highest BCUT2D eigenvalue weighted by Crippen LogP contribution is 2.44. The first-order chi connectivity index (χ1) is 15.7. The van der Waals surface area contributed by atoms with E-state index in [1.54, 1.807) is 13.0 Å². The highest BCUT2D eigenvalue weighted by molar-refractivity contribution is 7.89. The van der Waals surface area contributed by atoms with E-state index >= 15 is 4.39 Å². The number of morpholine rings is 1. The number of nitrogens with two attached hydrogens (primary N) is 1. The largest absolute Gasteiger partial charge is 0.378 e. The molecule has 0 bridgehead atoms. The number of hydrogen-bond acceptors (Lipinski definition) is 7.